The molecule has 0 saturated carbocycles. The number of carbonyl (C=O) groups is 1. The van der Waals surface area contributed by atoms with Crippen LogP contribution in [-0.4, -0.2) is 41.7 Å². The van der Waals surface area contributed by atoms with Crippen molar-refractivity contribution in [3.8, 4) is 0 Å². The van der Waals surface area contributed by atoms with E-state index >= 15 is 0 Å². The van der Waals surface area contributed by atoms with Crippen LogP contribution in [0.1, 0.15) is 37.8 Å². The lowest BCUT2D eigenvalue weighted by molar-refractivity contribution is -0.126. The highest BCUT2D eigenvalue weighted by Gasteiger charge is 2.31. The molecule has 1 fully saturated rings. The lowest BCUT2D eigenvalue weighted by Gasteiger charge is -2.25. The molecule has 4 nitrogen and oxygen atoms in total. The standard InChI is InChI=1S/C16H24N2O2/c1-2-10-18-11-6-9-15(18)16(20)17-14(12-19)13-7-4-3-5-8-13/h3-5,7-8,14-15,19H,2,6,9-12H2,1H3,(H,17,20)/t14-,15?/m1/s1. The minimum absolute atomic E-state index is 0.0345. The molecule has 1 amide bonds. The largest absolute Gasteiger partial charge is 0.394 e. The smallest absolute Gasteiger partial charge is 0.237 e. The second kappa shape index (κ2) is 7.41. The van der Waals surface area contributed by atoms with Gasteiger partial charge in [0.2, 0.25) is 5.91 Å². The molecule has 2 atom stereocenters. The van der Waals surface area contributed by atoms with Gasteiger partial charge in [-0.3, -0.25) is 9.69 Å². The van der Waals surface area contributed by atoms with Gasteiger partial charge in [0.1, 0.15) is 0 Å². The second-order valence-corrected chi connectivity index (χ2v) is 5.35. The molecule has 1 heterocycles. The first kappa shape index (κ1) is 15.0. The summed E-state index contributed by atoms with van der Waals surface area (Å²) >= 11 is 0. The number of aliphatic hydroxyl groups excluding tert-OH is 1. The average molecular weight is 276 g/mol. The number of nitrogens with zero attached hydrogens (tertiary/aromatic N) is 1. The van der Waals surface area contributed by atoms with Crippen LogP contribution in [0.5, 0.6) is 0 Å². The molecule has 0 aromatic heterocycles. The Balaban J connectivity index is 1.99. The molecular formula is C16H24N2O2. The molecule has 0 bridgehead atoms. The molecular weight excluding hydrogens is 252 g/mol. The molecule has 0 aliphatic carbocycles. The number of hydrogen-bond acceptors (Lipinski definition) is 3. The predicted molar refractivity (Wildman–Crippen MR) is 79.3 cm³/mol. The summed E-state index contributed by atoms with van der Waals surface area (Å²) in [5, 5.41) is 12.5. The van der Waals surface area contributed by atoms with Crippen molar-refractivity contribution >= 4 is 5.91 Å². The lowest BCUT2D eigenvalue weighted by atomic mass is 10.1. The molecule has 4 heteroatoms. The number of hydrogen-bond donors (Lipinski definition) is 2. The van der Waals surface area contributed by atoms with Crippen LogP contribution >= 0.6 is 0 Å². The summed E-state index contributed by atoms with van der Waals surface area (Å²) in [7, 11) is 0. The summed E-state index contributed by atoms with van der Waals surface area (Å²) in [4.78, 5) is 14.7. The van der Waals surface area contributed by atoms with Crippen LogP contribution in [0.3, 0.4) is 0 Å². The van der Waals surface area contributed by atoms with E-state index in [1.165, 1.54) is 0 Å². The Bertz CT molecular complexity index is 422. The third-order valence-corrected chi connectivity index (χ3v) is 3.88. The maximum atomic E-state index is 12.4. The molecule has 0 spiro atoms. The van der Waals surface area contributed by atoms with Crippen molar-refractivity contribution in [1.29, 1.82) is 0 Å². The molecule has 2 N–H and O–H groups in total. The number of benzene rings is 1. The van der Waals surface area contributed by atoms with Gasteiger partial charge >= 0.3 is 0 Å². The molecule has 2 rings (SSSR count). The van der Waals surface area contributed by atoms with Gasteiger partial charge in [-0.25, -0.2) is 0 Å². The van der Waals surface area contributed by atoms with Gasteiger partial charge in [-0.2, -0.15) is 0 Å². The Hall–Kier alpha value is -1.39. The lowest BCUT2D eigenvalue weighted by Crippen LogP contribution is -2.45. The number of carbonyl (C=O) groups excluding carboxylic acids is 1. The number of rotatable bonds is 6. The Morgan fingerprint density at radius 3 is 2.85 bits per heavy atom. The minimum atomic E-state index is -0.312. The van der Waals surface area contributed by atoms with E-state index in [0.717, 1.165) is 37.9 Å². The van der Waals surface area contributed by atoms with Crippen molar-refractivity contribution < 1.29 is 9.90 Å². The van der Waals surface area contributed by atoms with Crippen LogP contribution in [0.2, 0.25) is 0 Å². The normalized spacial score (nSPS) is 20.8. The molecule has 1 unspecified atom stereocenters. The van der Waals surface area contributed by atoms with E-state index in [1.54, 1.807) is 0 Å². The van der Waals surface area contributed by atoms with E-state index < -0.39 is 0 Å². The molecule has 1 aliphatic rings. The summed E-state index contributed by atoms with van der Waals surface area (Å²) in [5.41, 5.74) is 0.948. The highest BCUT2D eigenvalue weighted by Crippen LogP contribution is 2.19. The van der Waals surface area contributed by atoms with Crippen molar-refractivity contribution in [2.75, 3.05) is 19.7 Å². The van der Waals surface area contributed by atoms with Crippen LogP contribution in [0.25, 0.3) is 0 Å². The Morgan fingerprint density at radius 1 is 1.45 bits per heavy atom. The molecule has 1 saturated heterocycles. The van der Waals surface area contributed by atoms with Crippen molar-refractivity contribution in [1.82, 2.24) is 10.2 Å². The van der Waals surface area contributed by atoms with Gasteiger partial charge in [-0.1, -0.05) is 37.3 Å². The Labute approximate surface area is 120 Å². The van der Waals surface area contributed by atoms with E-state index in [9.17, 15) is 9.90 Å². The Morgan fingerprint density at radius 2 is 2.20 bits per heavy atom. The second-order valence-electron chi connectivity index (χ2n) is 5.35. The first-order valence-corrected chi connectivity index (χ1v) is 7.46. The van der Waals surface area contributed by atoms with Crippen LogP contribution in [-0.2, 0) is 4.79 Å². The summed E-state index contributed by atoms with van der Waals surface area (Å²) < 4.78 is 0. The third kappa shape index (κ3) is 3.58. The summed E-state index contributed by atoms with van der Waals surface area (Å²) in [5.74, 6) is 0.0406. The average Bonchev–Trinajstić information content (AvgIpc) is 2.94. The fourth-order valence-corrected chi connectivity index (χ4v) is 2.87. The van der Waals surface area contributed by atoms with E-state index in [0.29, 0.717) is 0 Å². The molecule has 110 valence electrons. The van der Waals surface area contributed by atoms with Gasteiger partial charge in [0.05, 0.1) is 18.7 Å². The topological polar surface area (TPSA) is 52.6 Å². The van der Waals surface area contributed by atoms with E-state index in [1.807, 2.05) is 30.3 Å². The van der Waals surface area contributed by atoms with E-state index in [2.05, 4.69) is 17.1 Å². The zero-order valence-corrected chi connectivity index (χ0v) is 12.1. The van der Waals surface area contributed by atoms with Crippen LogP contribution in [0, 0.1) is 0 Å². The minimum Gasteiger partial charge on any atom is -0.394 e. The van der Waals surface area contributed by atoms with Crippen LogP contribution in [0.15, 0.2) is 30.3 Å². The fourth-order valence-electron chi connectivity index (χ4n) is 2.87. The fraction of sp³-hybridized carbons (Fsp3) is 0.562. The molecule has 0 radical (unpaired) electrons. The van der Waals surface area contributed by atoms with Gasteiger partial charge in [-0.15, -0.1) is 0 Å². The maximum absolute atomic E-state index is 12.4. The molecule has 1 aromatic carbocycles. The SMILES string of the molecule is CCCN1CCCC1C(=O)N[C@H](CO)c1ccccc1. The van der Waals surface area contributed by atoms with Crippen molar-refractivity contribution in [3.05, 3.63) is 35.9 Å². The van der Waals surface area contributed by atoms with Gasteiger partial charge in [0.25, 0.3) is 0 Å². The van der Waals surface area contributed by atoms with Crippen molar-refractivity contribution in [3.63, 3.8) is 0 Å². The number of likely N-dealkylation sites (tertiary alicyclic amines) is 1. The zero-order chi connectivity index (χ0) is 14.4. The van der Waals surface area contributed by atoms with Gasteiger partial charge in [-0.05, 0) is 37.9 Å². The number of aliphatic hydroxyl groups is 1. The summed E-state index contributed by atoms with van der Waals surface area (Å²) in [6, 6.07) is 9.28. The Kier molecular flexibility index (Phi) is 5.56. The van der Waals surface area contributed by atoms with Gasteiger partial charge in [0, 0.05) is 0 Å². The highest BCUT2D eigenvalue weighted by atomic mass is 16.3. The first-order chi connectivity index (χ1) is 9.76. The monoisotopic (exact) mass is 276 g/mol. The number of nitrogens with one attached hydrogen (secondary N) is 1. The van der Waals surface area contributed by atoms with Crippen LogP contribution in [0.4, 0.5) is 0 Å². The van der Waals surface area contributed by atoms with E-state index in [4.69, 9.17) is 0 Å². The quantitative estimate of drug-likeness (QED) is 0.831. The molecule has 1 aromatic rings. The summed E-state index contributed by atoms with van der Waals surface area (Å²) in [6.45, 7) is 4.03. The van der Waals surface area contributed by atoms with Gasteiger partial charge < -0.3 is 10.4 Å². The van der Waals surface area contributed by atoms with Crippen molar-refractivity contribution in [2.24, 2.45) is 0 Å². The summed E-state index contributed by atoms with van der Waals surface area (Å²) in [6.07, 6.45) is 3.05. The zero-order valence-electron chi connectivity index (χ0n) is 12.1. The number of amides is 1. The van der Waals surface area contributed by atoms with Gasteiger partial charge in [0.15, 0.2) is 0 Å². The van der Waals surface area contributed by atoms with E-state index in [-0.39, 0.29) is 24.6 Å². The molecule has 20 heavy (non-hydrogen) atoms. The van der Waals surface area contributed by atoms with Crippen molar-refractivity contribution in [2.45, 2.75) is 38.3 Å². The van der Waals surface area contributed by atoms with Crippen LogP contribution < -0.4 is 5.32 Å². The predicted octanol–water partition coefficient (Wildman–Crippen LogP) is 1.71. The molecule has 1 aliphatic heterocycles. The highest BCUT2D eigenvalue weighted by molar-refractivity contribution is 5.82. The maximum Gasteiger partial charge on any atom is 0.237 e. The first-order valence-electron chi connectivity index (χ1n) is 7.46. The third-order valence-electron chi connectivity index (χ3n) is 3.88.